The Morgan fingerprint density at radius 3 is 2.62 bits per heavy atom. The summed E-state index contributed by atoms with van der Waals surface area (Å²) in [5.74, 6) is -1.85. The van der Waals surface area contributed by atoms with Crippen molar-refractivity contribution < 1.29 is 24.2 Å². The van der Waals surface area contributed by atoms with Crippen molar-refractivity contribution in [3.63, 3.8) is 0 Å². The molecule has 0 saturated carbocycles. The summed E-state index contributed by atoms with van der Waals surface area (Å²) in [5.41, 5.74) is 0. The summed E-state index contributed by atoms with van der Waals surface area (Å²) in [5, 5.41) is 8.28. The number of unbranched alkanes of at least 4 members (excludes halogenated alkanes) is 1. The molecule has 0 spiro atoms. The third-order valence-electron chi connectivity index (χ3n) is 1.67. The highest BCUT2D eigenvalue weighted by atomic mass is 16.6. The average Bonchev–Trinajstić information content (AvgIpc) is 2.21. The summed E-state index contributed by atoms with van der Waals surface area (Å²) in [7, 11) is 0. The van der Waals surface area contributed by atoms with Gasteiger partial charge in [0.15, 0.2) is 0 Å². The van der Waals surface area contributed by atoms with E-state index in [2.05, 4.69) is 6.92 Å². The second-order valence-electron chi connectivity index (χ2n) is 3.35. The van der Waals surface area contributed by atoms with Crippen LogP contribution in [0.25, 0.3) is 0 Å². The summed E-state index contributed by atoms with van der Waals surface area (Å²) in [6.07, 6.45) is 3.27. The SMILES string of the molecule is CCCCOCC(C)OC(=O)C=CC(=O)O. The average molecular weight is 230 g/mol. The van der Waals surface area contributed by atoms with E-state index < -0.39 is 11.9 Å². The third kappa shape index (κ3) is 9.21. The summed E-state index contributed by atoms with van der Waals surface area (Å²) in [6.45, 7) is 4.72. The van der Waals surface area contributed by atoms with E-state index in [1.807, 2.05) is 0 Å². The molecule has 1 unspecified atom stereocenters. The largest absolute Gasteiger partial charge is 0.478 e. The monoisotopic (exact) mass is 230 g/mol. The number of esters is 1. The van der Waals surface area contributed by atoms with Crippen LogP contribution in [0.1, 0.15) is 26.7 Å². The lowest BCUT2D eigenvalue weighted by molar-refractivity contribution is -0.145. The van der Waals surface area contributed by atoms with E-state index in [0.717, 1.165) is 25.0 Å². The topological polar surface area (TPSA) is 72.8 Å². The molecule has 1 atom stereocenters. The molecule has 0 aromatic rings. The number of aliphatic carboxylic acids is 1. The molecule has 0 rings (SSSR count). The van der Waals surface area contributed by atoms with Gasteiger partial charge in [0, 0.05) is 18.8 Å². The molecule has 0 aliphatic heterocycles. The minimum atomic E-state index is -1.18. The second kappa shape index (κ2) is 8.91. The van der Waals surface area contributed by atoms with Crippen molar-refractivity contribution in [3.8, 4) is 0 Å². The Morgan fingerprint density at radius 1 is 1.38 bits per heavy atom. The predicted octanol–water partition coefficient (Wildman–Crippen LogP) is 1.38. The predicted molar refractivity (Wildman–Crippen MR) is 58.1 cm³/mol. The highest BCUT2D eigenvalue weighted by Crippen LogP contribution is 1.96. The lowest BCUT2D eigenvalue weighted by Crippen LogP contribution is -2.19. The lowest BCUT2D eigenvalue weighted by atomic mass is 10.3. The first-order chi connectivity index (χ1) is 7.56. The van der Waals surface area contributed by atoms with Gasteiger partial charge in [0.2, 0.25) is 0 Å². The molecule has 5 heteroatoms. The molecule has 0 amide bonds. The van der Waals surface area contributed by atoms with Crippen LogP contribution in [0, 0.1) is 0 Å². The van der Waals surface area contributed by atoms with Crippen LogP contribution in [-0.2, 0) is 19.1 Å². The first-order valence-corrected chi connectivity index (χ1v) is 5.25. The normalized spacial score (nSPS) is 12.6. The maximum absolute atomic E-state index is 11.0. The molecule has 0 heterocycles. The number of carboxylic acid groups (broad SMARTS) is 1. The van der Waals surface area contributed by atoms with Crippen molar-refractivity contribution in [2.75, 3.05) is 13.2 Å². The summed E-state index contributed by atoms with van der Waals surface area (Å²) < 4.78 is 10.1. The van der Waals surface area contributed by atoms with Gasteiger partial charge in [0.1, 0.15) is 6.10 Å². The van der Waals surface area contributed by atoms with Crippen LogP contribution in [-0.4, -0.2) is 36.4 Å². The van der Waals surface area contributed by atoms with Crippen LogP contribution in [0.2, 0.25) is 0 Å². The molecule has 0 fully saturated rings. The molecular formula is C11H18O5. The second-order valence-corrected chi connectivity index (χ2v) is 3.35. The van der Waals surface area contributed by atoms with E-state index in [-0.39, 0.29) is 6.10 Å². The number of ether oxygens (including phenoxy) is 2. The molecule has 5 nitrogen and oxygen atoms in total. The molecular weight excluding hydrogens is 212 g/mol. The number of hydrogen-bond donors (Lipinski definition) is 1. The zero-order valence-corrected chi connectivity index (χ0v) is 9.64. The first kappa shape index (κ1) is 14.6. The van der Waals surface area contributed by atoms with Crippen molar-refractivity contribution in [3.05, 3.63) is 12.2 Å². The van der Waals surface area contributed by atoms with E-state index in [1.54, 1.807) is 6.92 Å². The highest BCUT2D eigenvalue weighted by molar-refractivity contribution is 5.90. The highest BCUT2D eigenvalue weighted by Gasteiger charge is 2.06. The van der Waals surface area contributed by atoms with Gasteiger partial charge in [0.05, 0.1) is 6.61 Å². The number of carboxylic acids is 1. The van der Waals surface area contributed by atoms with Crippen LogP contribution in [0.3, 0.4) is 0 Å². The van der Waals surface area contributed by atoms with Gasteiger partial charge in [0.25, 0.3) is 0 Å². The smallest absolute Gasteiger partial charge is 0.331 e. The van der Waals surface area contributed by atoms with Crippen molar-refractivity contribution in [1.29, 1.82) is 0 Å². The Bertz CT molecular complexity index is 247. The van der Waals surface area contributed by atoms with Crippen LogP contribution in [0.15, 0.2) is 12.2 Å². The standard InChI is InChI=1S/C11H18O5/c1-3-4-7-15-8-9(2)16-11(14)6-5-10(12)13/h5-6,9H,3-4,7-8H2,1-2H3,(H,12,13). The minimum Gasteiger partial charge on any atom is -0.478 e. The molecule has 0 aromatic carbocycles. The van der Waals surface area contributed by atoms with Crippen molar-refractivity contribution in [1.82, 2.24) is 0 Å². The summed E-state index contributed by atoms with van der Waals surface area (Å²) in [6, 6.07) is 0. The Kier molecular flexibility index (Phi) is 8.15. The van der Waals surface area contributed by atoms with Crippen LogP contribution >= 0.6 is 0 Å². The van der Waals surface area contributed by atoms with Gasteiger partial charge >= 0.3 is 11.9 Å². The van der Waals surface area contributed by atoms with E-state index >= 15 is 0 Å². The molecule has 92 valence electrons. The Labute approximate surface area is 95.0 Å². The molecule has 1 N–H and O–H groups in total. The molecule has 16 heavy (non-hydrogen) atoms. The van der Waals surface area contributed by atoms with E-state index in [4.69, 9.17) is 14.6 Å². The summed E-state index contributed by atoms with van der Waals surface area (Å²) >= 11 is 0. The van der Waals surface area contributed by atoms with E-state index in [1.165, 1.54) is 0 Å². The maximum Gasteiger partial charge on any atom is 0.331 e. The van der Waals surface area contributed by atoms with Crippen LogP contribution in [0.5, 0.6) is 0 Å². The quantitative estimate of drug-likeness (QED) is 0.387. The fourth-order valence-electron chi connectivity index (χ4n) is 0.907. The van der Waals surface area contributed by atoms with Gasteiger partial charge in [-0.05, 0) is 13.3 Å². The zero-order chi connectivity index (χ0) is 12.4. The Morgan fingerprint density at radius 2 is 2.06 bits per heavy atom. The zero-order valence-electron chi connectivity index (χ0n) is 9.64. The van der Waals surface area contributed by atoms with Crippen molar-refractivity contribution in [2.24, 2.45) is 0 Å². The molecule has 0 aliphatic carbocycles. The third-order valence-corrected chi connectivity index (χ3v) is 1.67. The summed E-state index contributed by atoms with van der Waals surface area (Å²) in [4.78, 5) is 21.1. The fraction of sp³-hybridized carbons (Fsp3) is 0.636. The van der Waals surface area contributed by atoms with Crippen LogP contribution in [0.4, 0.5) is 0 Å². The van der Waals surface area contributed by atoms with Gasteiger partial charge in [-0.25, -0.2) is 9.59 Å². The van der Waals surface area contributed by atoms with Gasteiger partial charge < -0.3 is 14.6 Å². The Balaban J connectivity index is 3.65. The van der Waals surface area contributed by atoms with Gasteiger partial charge in [-0.1, -0.05) is 13.3 Å². The number of carbonyl (C=O) groups is 2. The van der Waals surface area contributed by atoms with E-state index in [0.29, 0.717) is 13.2 Å². The van der Waals surface area contributed by atoms with Gasteiger partial charge in [-0.15, -0.1) is 0 Å². The molecule has 0 radical (unpaired) electrons. The minimum absolute atomic E-state index is 0.326. The maximum atomic E-state index is 11.0. The van der Waals surface area contributed by atoms with E-state index in [9.17, 15) is 9.59 Å². The molecule has 0 aliphatic rings. The number of hydrogen-bond acceptors (Lipinski definition) is 4. The number of carbonyl (C=O) groups excluding carboxylic acids is 1. The lowest BCUT2D eigenvalue weighted by Gasteiger charge is -2.11. The van der Waals surface area contributed by atoms with Crippen LogP contribution < -0.4 is 0 Å². The molecule has 0 bridgehead atoms. The van der Waals surface area contributed by atoms with Crippen molar-refractivity contribution >= 4 is 11.9 Å². The van der Waals surface area contributed by atoms with Gasteiger partial charge in [-0.3, -0.25) is 0 Å². The first-order valence-electron chi connectivity index (χ1n) is 5.25. The Hall–Kier alpha value is -1.36. The fourth-order valence-corrected chi connectivity index (χ4v) is 0.907. The molecule has 0 saturated heterocycles. The molecule has 0 aromatic heterocycles. The number of rotatable bonds is 8. The van der Waals surface area contributed by atoms with Gasteiger partial charge in [-0.2, -0.15) is 0 Å². The van der Waals surface area contributed by atoms with Crippen molar-refractivity contribution in [2.45, 2.75) is 32.8 Å².